The van der Waals surface area contributed by atoms with Gasteiger partial charge in [0.25, 0.3) is 0 Å². The highest BCUT2D eigenvalue weighted by Gasteiger charge is 2.23. The van der Waals surface area contributed by atoms with Crippen molar-refractivity contribution in [1.29, 1.82) is 5.26 Å². The quantitative estimate of drug-likeness (QED) is 0.777. The van der Waals surface area contributed by atoms with Crippen LogP contribution < -0.4 is 5.32 Å². The van der Waals surface area contributed by atoms with Crippen LogP contribution in [-0.4, -0.2) is 36.5 Å². The van der Waals surface area contributed by atoms with Gasteiger partial charge >= 0.3 is 0 Å². The Hall–Kier alpha value is -1.08. The number of piperidine rings is 1. The average molecular weight is 223 g/mol. The molecule has 0 spiro atoms. The normalized spacial score (nSPS) is 23.4. The number of likely N-dealkylation sites (N-methyl/N-ethyl adjacent to an activating group) is 1. The van der Waals surface area contributed by atoms with Crippen LogP contribution in [0.2, 0.25) is 0 Å². The van der Waals surface area contributed by atoms with Crippen LogP contribution in [0.4, 0.5) is 0 Å². The first-order valence-corrected chi connectivity index (χ1v) is 6.13. The van der Waals surface area contributed by atoms with Crippen LogP contribution in [-0.2, 0) is 4.79 Å². The second-order valence-electron chi connectivity index (χ2n) is 4.33. The second-order valence-corrected chi connectivity index (χ2v) is 4.33. The fourth-order valence-corrected chi connectivity index (χ4v) is 2.10. The van der Waals surface area contributed by atoms with Gasteiger partial charge in [-0.15, -0.1) is 0 Å². The number of nitrogens with zero attached hydrogens (tertiary/aromatic N) is 2. The molecule has 1 fully saturated rings. The van der Waals surface area contributed by atoms with E-state index in [1.165, 1.54) is 0 Å². The van der Waals surface area contributed by atoms with Crippen molar-refractivity contribution in [3.05, 3.63) is 0 Å². The third-order valence-electron chi connectivity index (χ3n) is 3.18. The van der Waals surface area contributed by atoms with Crippen molar-refractivity contribution in [3.8, 4) is 6.07 Å². The minimum atomic E-state index is -0.489. The molecule has 0 bridgehead atoms. The number of rotatable bonds is 4. The smallest absolute Gasteiger partial charge is 0.237 e. The molecule has 1 aliphatic heterocycles. The van der Waals surface area contributed by atoms with Gasteiger partial charge in [-0.3, -0.25) is 4.79 Å². The number of carbonyl (C=O) groups is 1. The summed E-state index contributed by atoms with van der Waals surface area (Å²) in [4.78, 5) is 14.1. The standard InChI is InChI=1S/C12H21N3O/c1-3-10(8-13)12(16)14-11-6-5-7-15(4-2)9-11/h10-11H,3-7,9H2,1-2H3,(H,14,16). The zero-order valence-corrected chi connectivity index (χ0v) is 10.2. The third kappa shape index (κ3) is 3.49. The summed E-state index contributed by atoms with van der Waals surface area (Å²) in [6.07, 6.45) is 2.75. The highest BCUT2D eigenvalue weighted by atomic mass is 16.1. The molecule has 4 heteroatoms. The van der Waals surface area contributed by atoms with Crippen molar-refractivity contribution in [1.82, 2.24) is 10.2 Å². The molecular formula is C12H21N3O. The summed E-state index contributed by atoms with van der Waals surface area (Å²) < 4.78 is 0. The fourth-order valence-electron chi connectivity index (χ4n) is 2.10. The SMILES string of the molecule is CCC(C#N)C(=O)NC1CCCN(CC)C1. The predicted molar refractivity (Wildman–Crippen MR) is 62.7 cm³/mol. The van der Waals surface area contributed by atoms with Crippen LogP contribution >= 0.6 is 0 Å². The molecular weight excluding hydrogens is 202 g/mol. The Balaban J connectivity index is 2.42. The Labute approximate surface area is 97.6 Å². The van der Waals surface area contributed by atoms with Crippen molar-refractivity contribution in [2.75, 3.05) is 19.6 Å². The molecule has 0 aromatic heterocycles. The molecule has 0 aliphatic carbocycles. The molecule has 16 heavy (non-hydrogen) atoms. The second kappa shape index (κ2) is 6.49. The van der Waals surface area contributed by atoms with Gasteiger partial charge in [0.1, 0.15) is 5.92 Å². The first-order chi connectivity index (χ1) is 7.71. The van der Waals surface area contributed by atoms with E-state index in [2.05, 4.69) is 17.1 Å². The fraction of sp³-hybridized carbons (Fsp3) is 0.833. The Morgan fingerprint density at radius 2 is 2.38 bits per heavy atom. The Morgan fingerprint density at radius 3 is 2.94 bits per heavy atom. The van der Waals surface area contributed by atoms with Gasteiger partial charge in [-0.1, -0.05) is 13.8 Å². The van der Waals surface area contributed by atoms with E-state index in [1.807, 2.05) is 13.0 Å². The molecule has 4 nitrogen and oxygen atoms in total. The van der Waals surface area contributed by atoms with Gasteiger partial charge in [0.15, 0.2) is 0 Å². The number of hydrogen-bond donors (Lipinski definition) is 1. The number of amides is 1. The van der Waals surface area contributed by atoms with E-state index in [0.29, 0.717) is 6.42 Å². The molecule has 0 aromatic carbocycles. The summed E-state index contributed by atoms with van der Waals surface area (Å²) >= 11 is 0. The van der Waals surface area contributed by atoms with Crippen LogP contribution in [0.15, 0.2) is 0 Å². The van der Waals surface area contributed by atoms with Crippen LogP contribution in [0.5, 0.6) is 0 Å². The molecule has 1 saturated heterocycles. The van der Waals surface area contributed by atoms with Gasteiger partial charge in [-0.25, -0.2) is 0 Å². The van der Waals surface area contributed by atoms with Gasteiger partial charge < -0.3 is 10.2 Å². The molecule has 1 N–H and O–H groups in total. The maximum atomic E-state index is 11.7. The van der Waals surface area contributed by atoms with Crippen LogP contribution in [0.1, 0.15) is 33.1 Å². The summed E-state index contributed by atoms with van der Waals surface area (Å²) in [5.74, 6) is -0.593. The number of nitriles is 1. The average Bonchev–Trinajstić information content (AvgIpc) is 2.31. The molecule has 1 heterocycles. The van der Waals surface area contributed by atoms with Gasteiger partial charge in [-0.05, 0) is 32.4 Å². The van der Waals surface area contributed by atoms with Crippen molar-refractivity contribution >= 4 is 5.91 Å². The number of likely N-dealkylation sites (tertiary alicyclic amines) is 1. The molecule has 0 aromatic rings. The van der Waals surface area contributed by atoms with Crippen LogP contribution in [0, 0.1) is 17.2 Å². The van der Waals surface area contributed by atoms with Gasteiger partial charge in [0.05, 0.1) is 6.07 Å². The maximum absolute atomic E-state index is 11.7. The minimum Gasteiger partial charge on any atom is -0.351 e. The van der Waals surface area contributed by atoms with Crippen LogP contribution in [0.25, 0.3) is 0 Å². The van der Waals surface area contributed by atoms with E-state index in [9.17, 15) is 4.79 Å². The van der Waals surface area contributed by atoms with E-state index in [-0.39, 0.29) is 11.9 Å². The third-order valence-corrected chi connectivity index (χ3v) is 3.18. The summed E-state index contributed by atoms with van der Waals surface area (Å²) in [5.41, 5.74) is 0. The molecule has 0 saturated carbocycles. The molecule has 2 atom stereocenters. The monoisotopic (exact) mass is 223 g/mol. The largest absolute Gasteiger partial charge is 0.351 e. The molecule has 1 rings (SSSR count). The maximum Gasteiger partial charge on any atom is 0.237 e. The lowest BCUT2D eigenvalue weighted by atomic mass is 10.0. The lowest BCUT2D eigenvalue weighted by Crippen LogP contribution is -2.48. The Bertz CT molecular complexity index is 272. The summed E-state index contributed by atoms with van der Waals surface area (Å²) in [6.45, 7) is 7.07. The molecule has 0 radical (unpaired) electrons. The highest BCUT2D eigenvalue weighted by molar-refractivity contribution is 5.81. The molecule has 90 valence electrons. The summed E-state index contributed by atoms with van der Waals surface area (Å²) in [5, 5.41) is 11.8. The molecule has 1 amide bonds. The Morgan fingerprint density at radius 1 is 1.62 bits per heavy atom. The van der Waals surface area contributed by atoms with Crippen LogP contribution in [0.3, 0.4) is 0 Å². The van der Waals surface area contributed by atoms with Gasteiger partial charge in [0, 0.05) is 12.6 Å². The van der Waals surface area contributed by atoms with E-state index < -0.39 is 5.92 Å². The minimum absolute atomic E-state index is 0.104. The number of nitrogens with one attached hydrogen (secondary N) is 1. The van der Waals surface area contributed by atoms with Crippen molar-refractivity contribution in [3.63, 3.8) is 0 Å². The number of carbonyl (C=O) groups excluding carboxylic acids is 1. The number of hydrogen-bond acceptors (Lipinski definition) is 3. The van der Waals surface area contributed by atoms with Crippen molar-refractivity contribution in [2.24, 2.45) is 5.92 Å². The molecule has 1 aliphatic rings. The lowest BCUT2D eigenvalue weighted by molar-refractivity contribution is -0.124. The summed E-state index contributed by atoms with van der Waals surface area (Å²) in [6, 6.07) is 2.27. The van der Waals surface area contributed by atoms with Crippen molar-refractivity contribution in [2.45, 2.75) is 39.2 Å². The topological polar surface area (TPSA) is 56.1 Å². The summed E-state index contributed by atoms with van der Waals surface area (Å²) in [7, 11) is 0. The van der Waals surface area contributed by atoms with Gasteiger partial charge in [0.2, 0.25) is 5.91 Å². The highest BCUT2D eigenvalue weighted by Crippen LogP contribution is 2.10. The van der Waals surface area contributed by atoms with E-state index >= 15 is 0 Å². The lowest BCUT2D eigenvalue weighted by Gasteiger charge is -2.32. The zero-order chi connectivity index (χ0) is 12.0. The first-order valence-electron chi connectivity index (χ1n) is 6.13. The van der Waals surface area contributed by atoms with E-state index in [1.54, 1.807) is 0 Å². The van der Waals surface area contributed by atoms with Gasteiger partial charge in [-0.2, -0.15) is 5.26 Å². The Kier molecular flexibility index (Phi) is 5.27. The van der Waals surface area contributed by atoms with Crippen molar-refractivity contribution < 1.29 is 4.79 Å². The molecule has 2 unspecified atom stereocenters. The predicted octanol–water partition coefficient (Wildman–Crippen LogP) is 1.14. The van der Waals surface area contributed by atoms with E-state index in [4.69, 9.17) is 5.26 Å². The van der Waals surface area contributed by atoms with E-state index in [0.717, 1.165) is 32.5 Å². The zero-order valence-electron chi connectivity index (χ0n) is 10.2. The first kappa shape index (κ1) is 13.0.